The van der Waals surface area contributed by atoms with Gasteiger partial charge < -0.3 is 0 Å². The number of rotatable bonds is 0. The Kier molecular flexibility index (Phi) is 1.38. The fourth-order valence-corrected chi connectivity index (χ4v) is 1.28. The molecule has 0 bridgehead atoms. The highest BCUT2D eigenvalue weighted by Gasteiger charge is 2.07. The quantitative estimate of drug-likeness (QED) is 0.518. The van der Waals surface area contributed by atoms with E-state index in [1.807, 2.05) is 24.3 Å². The summed E-state index contributed by atoms with van der Waals surface area (Å²) in [5, 5.41) is 11.1. The zero-order valence-electron chi connectivity index (χ0n) is 7.12. The number of fused-ring (bicyclic) bond motifs is 2. The Morgan fingerprint density at radius 2 is 1.79 bits per heavy atom. The molecular weight excluding hydrogens is 178 g/mol. The minimum atomic E-state index is 0.527. The molecule has 66 valence electrons. The lowest BCUT2D eigenvalue weighted by Gasteiger charge is -1.86. The van der Waals surface area contributed by atoms with Gasteiger partial charge in [0.05, 0.1) is 17.2 Å². The fourth-order valence-electron chi connectivity index (χ4n) is 1.28. The van der Waals surface area contributed by atoms with Gasteiger partial charge in [-0.05, 0) is 17.3 Å². The molecule has 0 atom stereocenters. The van der Waals surface area contributed by atoms with Crippen molar-refractivity contribution in [1.29, 1.82) is 0 Å². The molecular formula is C9H5N5. The summed E-state index contributed by atoms with van der Waals surface area (Å²) in [5.41, 5.74) is 2.23. The molecule has 0 aliphatic carbocycles. The normalized spacial score (nSPS) is 10.9. The van der Waals surface area contributed by atoms with Crippen LogP contribution in [0.5, 0.6) is 0 Å². The maximum atomic E-state index is 4.30. The molecule has 0 spiro atoms. The van der Waals surface area contributed by atoms with Crippen LogP contribution < -0.4 is 0 Å². The average molecular weight is 183 g/mol. The third kappa shape index (κ3) is 0.990. The van der Waals surface area contributed by atoms with Crippen LogP contribution in [0.4, 0.5) is 0 Å². The summed E-state index contributed by atoms with van der Waals surface area (Å²) in [5.74, 6) is 0.527. The zero-order chi connectivity index (χ0) is 9.38. The van der Waals surface area contributed by atoms with Crippen molar-refractivity contribution in [2.45, 2.75) is 0 Å². The molecule has 5 nitrogen and oxygen atoms in total. The van der Waals surface area contributed by atoms with Crippen LogP contribution in [0, 0.1) is 0 Å². The highest BCUT2D eigenvalue weighted by atomic mass is 15.4. The van der Waals surface area contributed by atoms with Crippen molar-refractivity contribution in [3.8, 4) is 11.5 Å². The average Bonchev–Trinajstić information content (AvgIpc) is 2.58. The Bertz CT molecular complexity index is 565. The van der Waals surface area contributed by atoms with E-state index in [2.05, 4.69) is 25.4 Å². The Morgan fingerprint density at radius 1 is 0.929 bits per heavy atom. The molecule has 2 aliphatic heterocycles. The second kappa shape index (κ2) is 2.66. The molecule has 1 aromatic rings. The number of benzene rings is 1. The van der Waals surface area contributed by atoms with Crippen LogP contribution in [0.25, 0.3) is 22.6 Å². The molecule has 1 aromatic carbocycles. The van der Waals surface area contributed by atoms with Gasteiger partial charge in [0.2, 0.25) is 5.82 Å². The van der Waals surface area contributed by atoms with Gasteiger partial charge in [0.15, 0.2) is 5.69 Å². The monoisotopic (exact) mass is 183 g/mol. The van der Waals surface area contributed by atoms with Crippen molar-refractivity contribution in [2.75, 3.05) is 0 Å². The fraction of sp³-hybridized carbons (Fsp3) is 0. The number of hydrogen-bond donors (Lipinski definition) is 0. The molecule has 0 fully saturated rings. The van der Waals surface area contributed by atoms with Gasteiger partial charge in [0, 0.05) is 0 Å². The van der Waals surface area contributed by atoms with E-state index in [9.17, 15) is 0 Å². The summed E-state index contributed by atoms with van der Waals surface area (Å²) >= 11 is 0. The second-order valence-electron chi connectivity index (χ2n) is 2.86. The molecule has 2 heterocycles. The lowest BCUT2D eigenvalue weighted by Crippen LogP contribution is -1.78. The van der Waals surface area contributed by atoms with Crippen LogP contribution >= 0.6 is 0 Å². The third-order valence-electron chi connectivity index (χ3n) is 1.96. The van der Waals surface area contributed by atoms with E-state index in [4.69, 9.17) is 0 Å². The summed E-state index contributed by atoms with van der Waals surface area (Å²) in [7, 11) is 0. The third-order valence-corrected chi connectivity index (χ3v) is 1.96. The molecule has 0 radical (unpaired) electrons. The van der Waals surface area contributed by atoms with Crippen LogP contribution in [0.1, 0.15) is 0 Å². The first-order valence-corrected chi connectivity index (χ1v) is 4.14. The van der Waals surface area contributed by atoms with Crippen molar-refractivity contribution in [3.63, 3.8) is 0 Å². The predicted octanol–water partition coefficient (Wildman–Crippen LogP) is 0.920. The highest BCUT2D eigenvalue weighted by molar-refractivity contribution is 5.75. The first kappa shape index (κ1) is 7.25. The molecule has 2 aliphatic rings. The lowest BCUT2D eigenvalue weighted by atomic mass is 10.3. The van der Waals surface area contributed by atoms with Crippen molar-refractivity contribution >= 4 is 11.0 Å². The van der Waals surface area contributed by atoms with E-state index in [1.54, 1.807) is 6.20 Å². The first-order chi connectivity index (χ1) is 6.93. The summed E-state index contributed by atoms with van der Waals surface area (Å²) in [6.45, 7) is 0. The van der Waals surface area contributed by atoms with Crippen LogP contribution in [0.15, 0.2) is 30.5 Å². The summed E-state index contributed by atoms with van der Waals surface area (Å²) in [6, 6.07) is 7.61. The van der Waals surface area contributed by atoms with Gasteiger partial charge in [0.1, 0.15) is 0 Å². The van der Waals surface area contributed by atoms with Crippen LogP contribution in [-0.2, 0) is 0 Å². The van der Waals surface area contributed by atoms with Crippen molar-refractivity contribution in [2.24, 2.45) is 0 Å². The number of aromatic nitrogens is 5. The van der Waals surface area contributed by atoms with Crippen molar-refractivity contribution in [3.05, 3.63) is 30.5 Å². The second-order valence-corrected chi connectivity index (χ2v) is 2.86. The maximum Gasteiger partial charge on any atom is 0.206 e. The van der Waals surface area contributed by atoms with Gasteiger partial charge in [-0.3, -0.25) is 4.98 Å². The topological polar surface area (TPSA) is 64.5 Å². The standard InChI is InChI=1S/C9H5N5/c1-2-4-7-6(3-1)10-5-8-9(11-7)13-14-12-8/h1-5H. The van der Waals surface area contributed by atoms with Crippen molar-refractivity contribution in [1.82, 2.24) is 25.4 Å². The molecule has 3 rings (SSSR count). The molecule has 0 amide bonds. The smallest absolute Gasteiger partial charge is 0.206 e. The van der Waals surface area contributed by atoms with Gasteiger partial charge in [-0.25, -0.2) is 4.98 Å². The molecule has 0 unspecified atom stereocenters. The van der Waals surface area contributed by atoms with Crippen LogP contribution in [0.3, 0.4) is 0 Å². The highest BCUT2D eigenvalue weighted by Crippen LogP contribution is 2.13. The molecule has 5 heteroatoms. The Hall–Kier alpha value is -2.17. The minimum Gasteiger partial charge on any atom is -0.252 e. The zero-order valence-corrected chi connectivity index (χ0v) is 7.12. The van der Waals surface area contributed by atoms with E-state index < -0.39 is 0 Å². The molecule has 0 saturated carbocycles. The van der Waals surface area contributed by atoms with Gasteiger partial charge in [-0.15, -0.1) is 10.2 Å². The number of nitrogens with zero attached hydrogens (tertiary/aromatic N) is 5. The van der Waals surface area contributed by atoms with E-state index >= 15 is 0 Å². The first-order valence-electron chi connectivity index (χ1n) is 4.14. The van der Waals surface area contributed by atoms with E-state index in [0.29, 0.717) is 11.5 Å². The van der Waals surface area contributed by atoms with Gasteiger partial charge >= 0.3 is 0 Å². The Labute approximate surface area is 79.2 Å². The van der Waals surface area contributed by atoms with Gasteiger partial charge in [0.25, 0.3) is 0 Å². The number of para-hydroxylation sites is 2. The lowest BCUT2D eigenvalue weighted by molar-refractivity contribution is 0.946. The van der Waals surface area contributed by atoms with E-state index in [0.717, 1.165) is 11.0 Å². The largest absolute Gasteiger partial charge is 0.252 e. The Morgan fingerprint density at radius 3 is 2.71 bits per heavy atom. The van der Waals surface area contributed by atoms with Gasteiger partial charge in [-0.2, -0.15) is 0 Å². The molecule has 0 aromatic heterocycles. The summed E-state index contributed by atoms with van der Waals surface area (Å²) < 4.78 is 0. The SMILES string of the molecule is c1ccc2nc3nnnc-3cnc2c1. The number of hydrogen-bond acceptors (Lipinski definition) is 5. The minimum absolute atomic E-state index is 0.527. The van der Waals surface area contributed by atoms with E-state index in [1.165, 1.54) is 0 Å². The summed E-state index contributed by atoms with van der Waals surface area (Å²) in [6.07, 6.45) is 1.63. The molecule has 14 heavy (non-hydrogen) atoms. The molecule has 0 saturated heterocycles. The Balaban J connectivity index is 2.48. The summed E-state index contributed by atoms with van der Waals surface area (Å²) in [4.78, 5) is 8.54. The predicted molar refractivity (Wildman–Crippen MR) is 49.5 cm³/mol. The van der Waals surface area contributed by atoms with Crippen LogP contribution in [0.2, 0.25) is 0 Å². The van der Waals surface area contributed by atoms with E-state index in [-0.39, 0.29) is 0 Å². The van der Waals surface area contributed by atoms with Crippen LogP contribution in [-0.4, -0.2) is 25.4 Å². The van der Waals surface area contributed by atoms with Crippen molar-refractivity contribution < 1.29 is 0 Å². The molecule has 0 N–H and O–H groups in total. The maximum absolute atomic E-state index is 4.30. The van der Waals surface area contributed by atoms with Gasteiger partial charge in [-0.1, -0.05) is 12.1 Å².